The van der Waals surface area contributed by atoms with E-state index in [1.165, 1.54) is 0 Å². The molecule has 3 aromatic heterocycles. The van der Waals surface area contributed by atoms with Crippen molar-refractivity contribution in [1.29, 1.82) is 0 Å². The third-order valence-electron chi connectivity index (χ3n) is 6.13. The van der Waals surface area contributed by atoms with E-state index in [9.17, 15) is 9.59 Å². The molecule has 2 aliphatic heterocycles. The van der Waals surface area contributed by atoms with Crippen LogP contribution >= 0.6 is 0 Å². The predicted octanol–water partition coefficient (Wildman–Crippen LogP) is 2.36. The first-order valence-electron chi connectivity index (χ1n) is 10.0. The van der Waals surface area contributed by atoms with Gasteiger partial charge in [-0.3, -0.25) is 9.59 Å². The molecular weight excluding hydrogens is 370 g/mol. The van der Waals surface area contributed by atoms with Crippen LogP contribution in [0.3, 0.4) is 0 Å². The Morgan fingerprint density at radius 2 is 2.17 bits per heavy atom. The quantitative estimate of drug-likeness (QED) is 0.737. The minimum Gasteiger partial charge on any atom is -0.361 e. The molecule has 2 atom stereocenters. The van der Waals surface area contributed by atoms with E-state index >= 15 is 0 Å². The number of aryl methyl sites for hydroxylation is 2. The molecule has 0 aromatic carbocycles. The number of nitrogens with one attached hydrogen (secondary N) is 1. The van der Waals surface area contributed by atoms with Crippen molar-refractivity contribution in [2.24, 2.45) is 5.92 Å². The summed E-state index contributed by atoms with van der Waals surface area (Å²) in [5.74, 6) is 1.54. The van der Waals surface area contributed by atoms with Crippen LogP contribution in [0.4, 0.5) is 0 Å². The lowest BCUT2D eigenvalue weighted by Gasteiger charge is -2.42. The van der Waals surface area contributed by atoms with Crippen LogP contribution in [-0.2, 0) is 13.0 Å². The van der Waals surface area contributed by atoms with Gasteiger partial charge in [0.2, 0.25) is 0 Å². The van der Waals surface area contributed by atoms with Crippen LogP contribution in [-0.4, -0.2) is 43.6 Å². The standard InChI is InChI=1S/C21H23N5O3/c1-3-16-18(12(2)29-24-16)21(28)25-9-13-8-14(11-25)17-5-4-15(19-22-6-7-23-19)20(27)26(17)10-13/h4-7,13-14H,3,8-11H2,1-2H3,(H,22,23)/t13-,14+/m0/s1. The molecule has 1 N–H and O–H groups in total. The Labute approximate surface area is 167 Å². The molecule has 2 aliphatic rings. The molecule has 1 amide bonds. The van der Waals surface area contributed by atoms with E-state index in [2.05, 4.69) is 15.1 Å². The number of aromatic nitrogens is 4. The van der Waals surface area contributed by atoms with E-state index in [-0.39, 0.29) is 23.3 Å². The largest absolute Gasteiger partial charge is 0.361 e. The fourth-order valence-electron chi connectivity index (χ4n) is 4.80. The number of imidazole rings is 1. The molecule has 0 spiro atoms. The molecule has 8 heteroatoms. The summed E-state index contributed by atoms with van der Waals surface area (Å²) < 4.78 is 7.14. The lowest BCUT2D eigenvalue weighted by molar-refractivity contribution is 0.0592. The van der Waals surface area contributed by atoms with E-state index in [1.807, 2.05) is 28.5 Å². The number of carbonyl (C=O) groups excluding carboxylic acids is 1. The first-order chi connectivity index (χ1) is 14.1. The second-order valence-corrected chi connectivity index (χ2v) is 7.95. The molecule has 1 fully saturated rings. The first kappa shape index (κ1) is 17.9. The minimum atomic E-state index is -0.0184. The molecule has 5 rings (SSSR count). The molecule has 1 saturated heterocycles. The van der Waals surface area contributed by atoms with Gasteiger partial charge in [-0.2, -0.15) is 0 Å². The summed E-state index contributed by atoms with van der Waals surface area (Å²) in [6.07, 6.45) is 5.02. The SMILES string of the molecule is CCc1noc(C)c1C(=O)N1C[C@@H]2C[C@H](C1)c1ccc(-c3ncc[nH]3)c(=O)n1C2. The maximum Gasteiger partial charge on any atom is 0.261 e. The zero-order valence-corrected chi connectivity index (χ0v) is 16.5. The van der Waals surface area contributed by atoms with E-state index < -0.39 is 0 Å². The number of likely N-dealkylation sites (tertiary alicyclic amines) is 1. The van der Waals surface area contributed by atoms with Crippen molar-refractivity contribution in [3.63, 3.8) is 0 Å². The highest BCUT2D eigenvalue weighted by Crippen LogP contribution is 2.36. The number of piperidine rings is 1. The van der Waals surface area contributed by atoms with Gasteiger partial charge in [0.1, 0.15) is 17.1 Å². The molecular formula is C21H23N5O3. The van der Waals surface area contributed by atoms with Crippen molar-refractivity contribution in [2.45, 2.75) is 39.2 Å². The Morgan fingerprint density at radius 3 is 2.93 bits per heavy atom. The monoisotopic (exact) mass is 393 g/mol. The topological polar surface area (TPSA) is 97.0 Å². The third-order valence-corrected chi connectivity index (χ3v) is 6.13. The molecule has 2 bridgehead atoms. The van der Waals surface area contributed by atoms with Crippen LogP contribution in [0.5, 0.6) is 0 Å². The van der Waals surface area contributed by atoms with Gasteiger partial charge in [0.15, 0.2) is 0 Å². The second-order valence-electron chi connectivity index (χ2n) is 7.95. The van der Waals surface area contributed by atoms with Crippen molar-refractivity contribution in [1.82, 2.24) is 24.6 Å². The zero-order valence-electron chi connectivity index (χ0n) is 16.5. The normalized spacial score (nSPS) is 20.6. The Hall–Kier alpha value is -3.16. The summed E-state index contributed by atoms with van der Waals surface area (Å²) in [5.41, 5.74) is 2.87. The van der Waals surface area contributed by atoms with Crippen LogP contribution < -0.4 is 5.56 Å². The van der Waals surface area contributed by atoms with Crippen LogP contribution in [0.15, 0.2) is 33.8 Å². The number of H-pyrrole nitrogens is 1. The lowest BCUT2D eigenvalue weighted by atomic mass is 9.82. The number of rotatable bonds is 3. The van der Waals surface area contributed by atoms with Gasteiger partial charge in [-0.15, -0.1) is 0 Å². The number of hydrogen-bond donors (Lipinski definition) is 1. The number of nitrogens with zero attached hydrogens (tertiary/aromatic N) is 4. The summed E-state index contributed by atoms with van der Waals surface area (Å²) in [7, 11) is 0. The van der Waals surface area contributed by atoms with Gasteiger partial charge < -0.3 is 19.0 Å². The zero-order chi connectivity index (χ0) is 20.1. The highest BCUT2D eigenvalue weighted by Gasteiger charge is 2.38. The van der Waals surface area contributed by atoms with Gasteiger partial charge in [-0.05, 0) is 37.8 Å². The molecule has 0 saturated carbocycles. The van der Waals surface area contributed by atoms with Crippen LogP contribution in [0.2, 0.25) is 0 Å². The van der Waals surface area contributed by atoms with Crippen molar-refractivity contribution >= 4 is 5.91 Å². The predicted molar refractivity (Wildman–Crippen MR) is 106 cm³/mol. The van der Waals surface area contributed by atoms with Crippen LogP contribution in [0, 0.1) is 12.8 Å². The van der Waals surface area contributed by atoms with Crippen LogP contribution in [0.1, 0.15) is 46.8 Å². The summed E-state index contributed by atoms with van der Waals surface area (Å²) in [6.45, 7) is 5.61. The van der Waals surface area contributed by atoms with Gasteiger partial charge >= 0.3 is 0 Å². The molecule has 5 heterocycles. The number of pyridine rings is 1. The van der Waals surface area contributed by atoms with Gasteiger partial charge in [0, 0.05) is 43.6 Å². The maximum atomic E-state index is 13.2. The fraction of sp³-hybridized carbons (Fsp3) is 0.429. The minimum absolute atomic E-state index is 0.0155. The Balaban J connectivity index is 1.47. The van der Waals surface area contributed by atoms with Crippen molar-refractivity contribution in [3.8, 4) is 11.4 Å². The average molecular weight is 393 g/mol. The van der Waals surface area contributed by atoms with Gasteiger partial charge in [-0.25, -0.2) is 4.98 Å². The highest BCUT2D eigenvalue weighted by molar-refractivity contribution is 5.96. The van der Waals surface area contributed by atoms with Gasteiger partial charge in [0.05, 0.1) is 11.3 Å². The number of aromatic amines is 1. The molecule has 0 aliphatic carbocycles. The molecule has 8 nitrogen and oxygen atoms in total. The Morgan fingerprint density at radius 1 is 1.31 bits per heavy atom. The third kappa shape index (κ3) is 2.82. The van der Waals surface area contributed by atoms with E-state index in [1.54, 1.807) is 19.3 Å². The van der Waals surface area contributed by atoms with E-state index in [0.717, 1.165) is 12.1 Å². The smallest absolute Gasteiger partial charge is 0.261 e. The van der Waals surface area contributed by atoms with E-state index in [4.69, 9.17) is 4.52 Å². The molecule has 0 radical (unpaired) electrons. The molecule has 3 aromatic rings. The Kier molecular flexibility index (Phi) is 4.15. The van der Waals surface area contributed by atoms with Crippen molar-refractivity contribution in [2.75, 3.05) is 13.1 Å². The summed E-state index contributed by atoms with van der Waals surface area (Å²) in [4.78, 5) is 35.4. The van der Waals surface area contributed by atoms with Crippen molar-refractivity contribution < 1.29 is 9.32 Å². The Bertz CT molecular complexity index is 1130. The molecule has 150 valence electrons. The van der Waals surface area contributed by atoms with E-state index in [0.29, 0.717) is 54.5 Å². The number of carbonyl (C=O) groups is 1. The summed E-state index contributed by atoms with van der Waals surface area (Å²) in [5, 5.41) is 4.03. The summed E-state index contributed by atoms with van der Waals surface area (Å²) in [6, 6.07) is 3.85. The second kappa shape index (κ2) is 6.72. The highest BCUT2D eigenvalue weighted by atomic mass is 16.5. The first-order valence-corrected chi connectivity index (χ1v) is 10.0. The van der Waals surface area contributed by atoms with Crippen LogP contribution in [0.25, 0.3) is 11.4 Å². The van der Waals surface area contributed by atoms with Gasteiger partial charge in [0.25, 0.3) is 11.5 Å². The average Bonchev–Trinajstić information content (AvgIpc) is 3.38. The van der Waals surface area contributed by atoms with Crippen molar-refractivity contribution in [3.05, 3.63) is 57.6 Å². The number of amides is 1. The number of fused-ring (bicyclic) bond motifs is 4. The number of hydrogen-bond acceptors (Lipinski definition) is 5. The molecule has 0 unspecified atom stereocenters. The lowest BCUT2D eigenvalue weighted by Crippen LogP contribution is -2.49. The maximum absolute atomic E-state index is 13.2. The fourth-order valence-corrected chi connectivity index (χ4v) is 4.80. The van der Waals surface area contributed by atoms with Gasteiger partial charge in [-0.1, -0.05) is 12.1 Å². The molecule has 29 heavy (non-hydrogen) atoms. The summed E-state index contributed by atoms with van der Waals surface area (Å²) >= 11 is 0.